The Morgan fingerprint density at radius 1 is 0.897 bits per heavy atom. The van der Waals surface area contributed by atoms with Gasteiger partial charge < -0.3 is 9.47 Å². The van der Waals surface area contributed by atoms with Gasteiger partial charge in [0.25, 0.3) is 0 Å². The van der Waals surface area contributed by atoms with Crippen molar-refractivity contribution in [3.63, 3.8) is 0 Å². The molecule has 7 heteroatoms. The van der Waals surface area contributed by atoms with Crippen LogP contribution >= 0.6 is 0 Å². The van der Waals surface area contributed by atoms with Gasteiger partial charge in [0.05, 0.1) is 14.2 Å². The van der Waals surface area contributed by atoms with E-state index in [1.807, 2.05) is 0 Å². The number of likely N-dealkylation sites (N-methyl/N-ethyl adjacent to an activating group) is 1. The fraction of sp³-hybridized carbons (Fsp3) is 0.318. The Morgan fingerprint density at radius 3 is 1.86 bits per heavy atom. The first kappa shape index (κ1) is 29.0. The van der Waals surface area contributed by atoms with Gasteiger partial charge in [0.15, 0.2) is 11.5 Å². The summed E-state index contributed by atoms with van der Waals surface area (Å²) in [5.74, 6) is 1.95. The first-order valence-electron chi connectivity index (χ1n) is 8.27. The van der Waals surface area contributed by atoms with E-state index in [1.165, 1.54) is 16.7 Å². The van der Waals surface area contributed by atoms with Crippen LogP contribution in [0.25, 0.3) is 0 Å². The largest absolute Gasteiger partial charge is 0 e. The molecule has 0 unspecified atom stereocenters. The molecule has 0 N–H and O–H groups in total. The van der Waals surface area contributed by atoms with E-state index in [9.17, 15) is 0 Å². The average Bonchev–Trinajstić information content (AvgIpc) is 2.78. The zero-order valence-corrected chi connectivity index (χ0v) is 18.1. The van der Waals surface area contributed by atoms with Crippen molar-refractivity contribution < 1.29 is 40.8 Å². The third kappa shape index (κ3) is 6.94. The Labute approximate surface area is 183 Å². The molecule has 0 amide bonds. The zero-order chi connectivity index (χ0) is 21.7. The Balaban J connectivity index is 0. The summed E-state index contributed by atoms with van der Waals surface area (Å²) in [4.78, 5) is 2.39. The van der Waals surface area contributed by atoms with E-state index >= 15 is 0 Å². The predicted octanol–water partition coefficient (Wildman–Crippen LogP) is 3.55. The number of fused-ring (bicyclic) bond motifs is 1. The van der Waals surface area contributed by atoms with Crippen molar-refractivity contribution in [2.24, 2.45) is 0 Å². The van der Waals surface area contributed by atoms with Gasteiger partial charge in [-0.2, -0.15) is 0 Å². The van der Waals surface area contributed by atoms with E-state index in [0.29, 0.717) is 12.0 Å². The summed E-state index contributed by atoms with van der Waals surface area (Å²) in [7, 11) is 5.56. The van der Waals surface area contributed by atoms with Crippen molar-refractivity contribution in [1.29, 1.82) is 0 Å². The Bertz CT molecular complexity index is 775. The third-order valence-electron chi connectivity index (χ3n) is 4.74. The molecule has 0 saturated heterocycles. The van der Waals surface area contributed by atoms with Crippen molar-refractivity contribution in [2.45, 2.75) is 25.4 Å². The van der Waals surface area contributed by atoms with Crippen molar-refractivity contribution in [1.82, 2.24) is 4.90 Å². The molecule has 0 aromatic heterocycles. The summed E-state index contributed by atoms with van der Waals surface area (Å²) in [6, 6.07) is 15.4. The van der Waals surface area contributed by atoms with Crippen LogP contribution in [-0.4, -0.2) is 32.2 Å². The molecule has 29 heavy (non-hydrogen) atoms. The van der Waals surface area contributed by atoms with Gasteiger partial charge in [0.2, 0.25) is 0 Å². The van der Waals surface area contributed by atoms with Crippen molar-refractivity contribution in [3.8, 4) is 11.5 Å². The SMILES string of the molecule is COc1cc2c(cc1OC)[C@H](c1ccccc1)[C@@H](C)N(C)C2.[C-]#[O+].[C-]#[O+].[C-]#[O+].[Cr]. The van der Waals surface area contributed by atoms with Crippen molar-refractivity contribution >= 4 is 0 Å². The van der Waals surface area contributed by atoms with Crippen LogP contribution in [0.4, 0.5) is 0 Å². The van der Waals surface area contributed by atoms with E-state index in [4.69, 9.17) is 23.4 Å². The molecule has 2 aromatic rings. The fourth-order valence-corrected chi connectivity index (χ4v) is 3.41. The molecule has 0 bridgehead atoms. The minimum atomic E-state index is 0. The standard InChI is InChI=1S/C19H23NO2.3CO.Cr/c1-13-19(14-8-6-5-7-9-14)16-11-18(22-4)17(21-3)10-15(16)12-20(13)2;3*1-2;/h5-11,13,19H,12H2,1-4H3;;;;/t13-,19+;;;;/m1..../s1. The first-order valence-corrected chi connectivity index (χ1v) is 8.27. The molecule has 152 valence electrons. The Hall–Kier alpha value is -2.25. The maximum atomic E-state index is 7.50. The monoisotopic (exact) mass is 433 g/mol. The summed E-state index contributed by atoms with van der Waals surface area (Å²) in [6.45, 7) is 16.7. The van der Waals surface area contributed by atoms with Crippen LogP contribution in [0.3, 0.4) is 0 Å². The summed E-state index contributed by atoms with van der Waals surface area (Å²) in [5, 5.41) is 0. The minimum absolute atomic E-state index is 0. The van der Waals surface area contributed by atoms with Crippen molar-refractivity contribution in [3.05, 3.63) is 79.1 Å². The second-order valence-electron chi connectivity index (χ2n) is 5.95. The van der Waals surface area contributed by atoms with Crippen LogP contribution in [0.2, 0.25) is 0 Å². The second kappa shape index (κ2) is 15.6. The van der Waals surface area contributed by atoms with Gasteiger partial charge in [-0.15, -0.1) is 0 Å². The fourth-order valence-electron chi connectivity index (χ4n) is 3.41. The molecule has 2 aromatic carbocycles. The number of benzene rings is 2. The number of nitrogens with zero attached hydrogens (tertiary/aromatic N) is 1. The second-order valence-corrected chi connectivity index (χ2v) is 5.95. The van der Waals surface area contributed by atoms with Gasteiger partial charge >= 0.3 is 33.9 Å². The first-order chi connectivity index (χ1) is 13.7. The summed E-state index contributed by atoms with van der Waals surface area (Å²) < 4.78 is 33.5. The van der Waals surface area contributed by atoms with Gasteiger partial charge in [-0.1, -0.05) is 30.3 Å². The minimum Gasteiger partial charge on any atom is 0 e. The smallest absolute Gasteiger partial charge is 0 e. The maximum Gasteiger partial charge on any atom is 0 e. The van der Waals surface area contributed by atoms with E-state index < -0.39 is 0 Å². The van der Waals surface area contributed by atoms with Gasteiger partial charge in [0, 0.05) is 35.9 Å². The van der Waals surface area contributed by atoms with E-state index in [-0.39, 0.29) is 17.4 Å². The summed E-state index contributed by atoms with van der Waals surface area (Å²) >= 11 is 0. The topological polar surface area (TPSA) is 81.4 Å². The predicted molar refractivity (Wildman–Crippen MR) is 101 cm³/mol. The van der Waals surface area contributed by atoms with Crippen LogP contribution in [0.15, 0.2) is 42.5 Å². The van der Waals surface area contributed by atoms with E-state index in [1.54, 1.807) is 14.2 Å². The molecule has 2 atom stereocenters. The van der Waals surface area contributed by atoms with Crippen LogP contribution in [0.5, 0.6) is 11.5 Å². The van der Waals surface area contributed by atoms with Gasteiger partial charge in [-0.05, 0) is 42.8 Å². The maximum absolute atomic E-state index is 7.50. The summed E-state index contributed by atoms with van der Waals surface area (Å²) in [5.41, 5.74) is 4.00. The molecule has 1 heterocycles. The Kier molecular flexibility index (Phi) is 15.6. The quantitative estimate of drug-likeness (QED) is 0.548. The van der Waals surface area contributed by atoms with Crippen molar-refractivity contribution in [2.75, 3.05) is 21.3 Å². The van der Waals surface area contributed by atoms with Gasteiger partial charge in [-0.3, -0.25) is 4.90 Å². The molecular weight excluding hydrogens is 410 g/mol. The van der Waals surface area contributed by atoms with Gasteiger partial charge in [0.1, 0.15) is 0 Å². The van der Waals surface area contributed by atoms with Crippen LogP contribution < -0.4 is 9.47 Å². The van der Waals surface area contributed by atoms with Crippen LogP contribution in [0, 0.1) is 20.0 Å². The molecule has 3 rings (SSSR count). The molecule has 0 fully saturated rings. The number of ether oxygens (including phenoxy) is 2. The van der Waals surface area contributed by atoms with E-state index in [0.717, 1.165) is 18.0 Å². The number of hydrogen-bond acceptors (Lipinski definition) is 3. The van der Waals surface area contributed by atoms with Gasteiger partial charge in [-0.25, -0.2) is 0 Å². The molecule has 6 nitrogen and oxygen atoms in total. The van der Waals surface area contributed by atoms with E-state index in [2.05, 4.69) is 81.3 Å². The van der Waals surface area contributed by atoms with Crippen LogP contribution in [-0.2, 0) is 37.9 Å². The number of methoxy groups -OCH3 is 2. The van der Waals surface area contributed by atoms with Crippen LogP contribution in [0.1, 0.15) is 29.5 Å². The molecule has 0 radical (unpaired) electrons. The number of rotatable bonds is 3. The molecule has 0 spiro atoms. The zero-order valence-electron chi connectivity index (χ0n) is 16.8. The molecular formula is C22H23CrNO5. The molecule has 0 saturated carbocycles. The normalized spacial score (nSPS) is 16.3. The number of hydrogen-bond donors (Lipinski definition) is 0. The average molecular weight is 433 g/mol. The Morgan fingerprint density at radius 2 is 1.38 bits per heavy atom. The molecule has 1 aliphatic rings. The summed E-state index contributed by atoms with van der Waals surface area (Å²) in [6.07, 6.45) is 0. The third-order valence-corrected chi connectivity index (χ3v) is 4.74. The molecule has 1 aliphatic heterocycles. The molecule has 0 aliphatic carbocycles.